The molecule has 3 rings (SSSR count). The number of hydrogen-bond donors (Lipinski definition) is 2. The predicted molar refractivity (Wildman–Crippen MR) is 97.5 cm³/mol. The van der Waals surface area contributed by atoms with E-state index < -0.39 is 0 Å². The van der Waals surface area contributed by atoms with Gasteiger partial charge in [-0.25, -0.2) is 0 Å². The maximum absolute atomic E-state index is 11.9. The lowest BCUT2D eigenvalue weighted by molar-refractivity contribution is -0.121. The van der Waals surface area contributed by atoms with E-state index in [0.29, 0.717) is 25.1 Å². The van der Waals surface area contributed by atoms with Gasteiger partial charge in [-0.15, -0.1) is 0 Å². The number of carbonyl (C=O) groups is 2. The number of hydrogen-bond acceptors (Lipinski definition) is 4. The normalized spacial score (nSPS) is 10.3. The minimum absolute atomic E-state index is 0.0101. The van der Waals surface area contributed by atoms with Gasteiger partial charge in [0.2, 0.25) is 5.91 Å². The Hall–Kier alpha value is -3.41. The molecule has 0 bridgehead atoms. The number of nitrogens with one attached hydrogen (secondary N) is 2. The number of pyridine rings is 1. The number of carbonyl (C=O) groups excluding carboxylic acids is 2. The molecule has 3 aromatic rings. The molecule has 0 aliphatic carbocycles. The molecule has 2 aromatic heterocycles. The van der Waals surface area contributed by atoms with Crippen molar-refractivity contribution >= 4 is 17.5 Å². The van der Waals surface area contributed by atoms with E-state index in [1.54, 1.807) is 36.7 Å². The lowest BCUT2D eigenvalue weighted by Gasteiger charge is -2.07. The first-order chi connectivity index (χ1) is 12.7. The second kappa shape index (κ2) is 8.62. The summed E-state index contributed by atoms with van der Waals surface area (Å²) in [5.74, 6) is -0.0505. The summed E-state index contributed by atoms with van der Waals surface area (Å²) in [6, 6.07) is 14.4. The largest absolute Gasteiger partial charge is 0.459 e. The van der Waals surface area contributed by atoms with Crippen molar-refractivity contribution in [3.63, 3.8) is 0 Å². The standard InChI is InChI=1S/C20H19N3O3/c24-19(10-7-15-3-1-11-21-13-15)22-14-16-5-8-17(9-6-16)23-20(25)18-4-2-12-26-18/h1-6,8-9,11-13H,7,10,14H2,(H,22,24)(H,23,25). The number of amides is 2. The van der Waals surface area contributed by atoms with Gasteiger partial charge in [-0.1, -0.05) is 18.2 Å². The van der Waals surface area contributed by atoms with Crippen LogP contribution in [0.3, 0.4) is 0 Å². The van der Waals surface area contributed by atoms with Crippen molar-refractivity contribution in [2.24, 2.45) is 0 Å². The highest BCUT2D eigenvalue weighted by atomic mass is 16.3. The molecule has 0 saturated carbocycles. The molecule has 0 aliphatic heterocycles. The molecule has 1 aromatic carbocycles. The van der Waals surface area contributed by atoms with Gasteiger partial charge in [-0.2, -0.15) is 0 Å². The van der Waals surface area contributed by atoms with E-state index in [-0.39, 0.29) is 17.6 Å². The average molecular weight is 349 g/mol. The van der Waals surface area contributed by atoms with Gasteiger partial charge in [0.05, 0.1) is 6.26 Å². The molecule has 6 heteroatoms. The molecule has 0 spiro atoms. The SMILES string of the molecule is O=C(CCc1cccnc1)NCc1ccc(NC(=O)c2ccco2)cc1. The van der Waals surface area contributed by atoms with E-state index in [4.69, 9.17) is 4.42 Å². The number of aryl methyl sites for hydroxylation is 1. The van der Waals surface area contributed by atoms with Crippen molar-refractivity contribution in [1.82, 2.24) is 10.3 Å². The number of nitrogens with zero attached hydrogens (tertiary/aromatic N) is 1. The summed E-state index contributed by atoms with van der Waals surface area (Å²) < 4.78 is 5.05. The minimum atomic E-state index is -0.300. The Labute approximate surface area is 151 Å². The number of rotatable bonds is 7. The molecule has 2 N–H and O–H groups in total. The van der Waals surface area contributed by atoms with Crippen LogP contribution in [0.5, 0.6) is 0 Å². The molecule has 0 radical (unpaired) electrons. The highest BCUT2D eigenvalue weighted by molar-refractivity contribution is 6.02. The number of furan rings is 1. The quantitative estimate of drug-likeness (QED) is 0.686. The summed E-state index contributed by atoms with van der Waals surface area (Å²) in [6.07, 6.45) is 6.02. The highest BCUT2D eigenvalue weighted by Crippen LogP contribution is 2.12. The third kappa shape index (κ3) is 5.04. The van der Waals surface area contributed by atoms with Crippen molar-refractivity contribution in [2.75, 3.05) is 5.32 Å². The van der Waals surface area contributed by atoms with Crippen LogP contribution in [0.25, 0.3) is 0 Å². The van der Waals surface area contributed by atoms with Gasteiger partial charge < -0.3 is 15.1 Å². The Morgan fingerprint density at radius 1 is 1.00 bits per heavy atom. The zero-order valence-corrected chi connectivity index (χ0v) is 14.1. The molecular formula is C20H19N3O3. The zero-order valence-electron chi connectivity index (χ0n) is 14.1. The lowest BCUT2D eigenvalue weighted by atomic mass is 10.1. The Morgan fingerprint density at radius 3 is 2.54 bits per heavy atom. The van der Waals surface area contributed by atoms with Crippen LogP contribution in [0.4, 0.5) is 5.69 Å². The molecule has 0 saturated heterocycles. The van der Waals surface area contributed by atoms with Crippen LogP contribution >= 0.6 is 0 Å². The molecule has 2 heterocycles. The molecule has 26 heavy (non-hydrogen) atoms. The van der Waals surface area contributed by atoms with Gasteiger partial charge >= 0.3 is 0 Å². The maximum Gasteiger partial charge on any atom is 0.291 e. The predicted octanol–water partition coefficient (Wildman–Crippen LogP) is 3.18. The fourth-order valence-electron chi connectivity index (χ4n) is 2.40. The van der Waals surface area contributed by atoms with Gasteiger partial charge in [0.1, 0.15) is 0 Å². The first-order valence-corrected chi connectivity index (χ1v) is 8.30. The molecule has 132 valence electrons. The van der Waals surface area contributed by atoms with Gasteiger partial charge in [-0.05, 0) is 47.9 Å². The summed E-state index contributed by atoms with van der Waals surface area (Å²) in [6.45, 7) is 0.443. The maximum atomic E-state index is 11.9. The van der Waals surface area contributed by atoms with Crippen molar-refractivity contribution in [3.8, 4) is 0 Å². The van der Waals surface area contributed by atoms with Crippen LogP contribution in [0, 0.1) is 0 Å². The van der Waals surface area contributed by atoms with E-state index in [1.807, 2.05) is 24.3 Å². The van der Waals surface area contributed by atoms with E-state index >= 15 is 0 Å². The van der Waals surface area contributed by atoms with Crippen LogP contribution < -0.4 is 10.6 Å². The zero-order chi connectivity index (χ0) is 18.2. The Morgan fingerprint density at radius 2 is 1.85 bits per heavy atom. The second-order valence-electron chi connectivity index (χ2n) is 5.77. The number of aromatic nitrogens is 1. The second-order valence-corrected chi connectivity index (χ2v) is 5.77. The molecule has 6 nitrogen and oxygen atoms in total. The molecular weight excluding hydrogens is 330 g/mol. The van der Waals surface area contributed by atoms with Crippen LogP contribution in [0.2, 0.25) is 0 Å². The molecule has 0 atom stereocenters. The summed E-state index contributed by atoms with van der Waals surface area (Å²) >= 11 is 0. The third-order valence-electron chi connectivity index (χ3n) is 3.81. The van der Waals surface area contributed by atoms with E-state index in [0.717, 1.165) is 11.1 Å². The number of anilines is 1. The van der Waals surface area contributed by atoms with Gasteiger partial charge in [0.25, 0.3) is 5.91 Å². The van der Waals surface area contributed by atoms with E-state index in [9.17, 15) is 9.59 Å². The monoisotopic (exact) mass is 349 g/mol. The molecule has 0 fully saturated rings. The van der Waals surface area contributed by atoms with Crippen LogP contribution in [0.1, 0.15) is 28.1 Å². The summed E-state index contributed by atoms with van der Waals surface area (Å²) in [5.41, 5.74) is 2.66. The van der Waals surface area contributed by atoms with Crippen LogP contribution in [-0.4, -0.2) is 16.8 Å². The summed E-state index contributed by atoms with van der Waals surface area (Å²) in [5, 5.41) is 5.64. The smallest absolute Gasteiger partial charge is 0.291 e. The first kappa shape index (κ1) is 17.4. The topological polar surface area (TPSA) is 84.2 Å². The summed E-state index contributed by atoms with van der Waals surface area (Å²) in [4.78, 5) is 27.9. The summed E-state index contributed by atoms with van der Waals surface area (Å²) in [7, 11) is 0. The van der Waals surface area contributed by atoms with Crippen LogP contribution in [0.15, 0.2) is 71.6 Å². The highest BCUT2D eigenvalue weighted by Gasteiger charge is 2.08. The van der Waals surface area contributed by atoms with E-state index in [2.05, 4.69) is 15.6 Å². The Balaban J connectivity index is 1.44. The Kier molecular flexibility index (Phi) is 5.77. The fourth-order valence-corrected chi connectivity index (χ4v) is 2.40. The average Bonchev–Trinajstić information content (AvgIpc) is 3.22. The molecule has 0 aliphatic rings. The van der Waals surface area contributed by atoms with Gasteiger partial charge in [0.15, 0.2) is 5.76 Å². The van der Waals surface area contributed by atoms with Crippen molar-refractivity contribution in [2.45, 2.75) is 19.4 Å². The molecule has 0 unspecified atom stereocenters. The van der Waals surface area contributed by atoms with Crippen molar-refractivity contribution in [3.05, 3.63) is 84.1 Å². The van der Waals surface area contributed by atoms with Gasteiger partial charge in [-0.3, -0.25) is 14.6 Å². The Bertz CT molecular complexity index is 844. The minimum Gasteiger partial charge on any atom is -0.459 e. The number of benzene rings is 1. The fraction of sp³-hybridized carbons (Fsp3) is 0.150. The van der Waals surface area contributed by atoms with Gasteiger partial charge in [0, 0.05) is 31.0 Å². The first-order valence-electron chi connectivity index (χ1n) is 8.30. The van der Waals surface area contributed by atoms with Crippen LogP contribution in [-0.2, 0) is 17.8 Å². The van der Waals surface area contributed by atoms with Crippen molar-refractivity contribution in [1.29, 1.82) is 0 Å². The lowest BCUT2D eigenvalue weighted by Crippen LogP contribution is -2.23. The van der Waals surface area contributed by atoms with Crippen molar-refractivity contribution < 1.29 is 14.0 Å². The third-order valence-corrected chi connectivity index (χ3v) is 3.81. The molecule has 2 amide bonds. The van der Waals surface area contributed by atoms with E-state index in [1.165, 1.54) is 6.26 Å².